The van der Waals surface area contributed by atoms with Crippen molar-refractivity contribution >= 4 is 17.5 Å². The molecule has 2 heterocycles. The summed E-state index contributed by atoms with van der Waals surface area (Å²) >= 11 is 0. The highest BCUT2D eigenvalue weighted by Gasteiger charge is 2.20. The van der Waals surface area contributed by atoms with Crippen molar-refractivity contribution in [2.75, 3.05) is 31.5 Å². The number of carbonyl (C=O) groups excluding carboxylic acids is 2. The standard InChI is InChI=1S/C19H23N3O3/c1-14-17(7-12-25-14)19(24)20-18-6-4-3-5-16(18)13-21-8-10-22(11-9-21)15(2)23/h3-7,12H,8-11,13H2,1-2H3,(H,20,24). The number of amides is 2. The lowest BCUT2D eigenvalue weighted by atomic mass is 10.1. The van der Waals surface area contributed by atoms with Crippen molar-refractivity contribution in [1.29, 1.82) is 0 Å². The van der Waals surface area contributed by atoms with Crippen LogP contribution < -0.4 is 5.32 Å². The van der Waals surface area contributed by atoms with Crippen LogP contribution in [-0.4, -0.2) is 47.8 Å². The molecule has 0 saturated carbocycles. The Hall–Kier alpha value is -2.60. The van der Waals surface area contributed by atoms with Crippen molar-refractivity contribution in [2.24, 2.45) is 0 Å². The number of hydrogen-bond donors (Lipinski definition) is 1. The first kappa shape index (κ1) is 17.2. The van der Waals surface area contributed by atoms with Gasteiger partial charge in [-0.1, -0.05) is 18.2 Å². The van der Waals surface area contributed by atoms with Crippen molar-refractivity contribution in [3.63, 3.8) is 0 Å². The summed E-state index contributed by atoms with van der Waals surface area (Å²) in [6, 6.07) is 9.49. The molecule has 0 bridgehead atoms. The van der Waals surface area contributed by atoms with Crippen LogP contribution in [0.1, 0.15) is 28.6 Å². The zero-order valence-corrected chi connectivity index (χ0v) is 14.6. The fourth-order valence-electron chi connectivity index (χ4n) is 3.05. The van der Waals surface area contributed by atoms with E-state index < -0.39 is 0 Å². The van der Waals surface area contributed by atoms with E-state index in [9.17, 15) is 9.59 Å². The smallest absolute Gasteiger partial charge is 0.259 e. The van der Waals surface area contributed by atoms with Crippen LogP contribution >= 0.6 is 0 Å². The summed E-state index contributed by atoms with van der Waals surface area (Å²) < 4.78 is 5.20. The number of nitrogens with zero attached hydrogens (tertiary/aromatic N) is 2. The molecular weight excluding hydrogens is 318 g/mol. The Balaban J connectivity index is 1.66. The number of hydrogen-bond acceptors (Lipinski definition) is 4. The van der Waals surface area contributed by atoms with Gasteiger partial charge in [-0.05, 0) is 24.6 Å². The van der Waals surface area contributed by atoms with Gasteiger partial charge in [0.2, 0.25) is 5.91 Å². The molecule has 0 atom stereocenters. The summed E-state index contributed by atoms with van der Waals surface area (Å²) in [5.41, 5.74) is 2.42. The van der Waals surface area contributed by atoms with Gasteiger partial charge >= 0.3 is 0 Å². The second kappa shape index (κ2) is 7.53. The van der Waals surface area contributed by atoms with E-state index in [1.807, 2.05) is 29.2 Å². The molecule has 1 N–H and O–H groups in total. The van der Waals surface area contributed by atoms with Gasteiger partial charge in [0.1, 0.15) is 5.76 Å². The molecule has 3 rings (SSSR count). The van der Waals surface area contributed by atoms with Gasteiger partial charge in [-0.15, -0.1) is 0 Å². The van der Waals surface area contributed by atoms with Crippen molar-refractivity contribution < 1.29 is 14.0 Å². The molecule has 1 aromatic heterocycles. The van der Waals surface area contributed by atoms with E-state index in [2.05, 4.69) is 10.2 Å². The highest BCUT2D eigenvalue weighted by molar-refractivity contribution is 6.05. The first-order valence-electron chi connectivity index (χ1n) is 8.46. The van der Waals surface area contributed by atoms with Gasteiger partial charge in [-0.3, -0.25) is 14.5 Å². The number of furan rings is 1. The van der Waals surface area contributed by atoms with E-state index in [4.69, 9.17) is 4.42 Å². The van der Waals surface area contributed by atoms with Crippen molar-refractivity contribution in [3.8, 4) is 0 Å². The number of piperazine rings is 1. The minimum atomic E-state index is -0.167. The minimum absolute atomic E-state index is 0.128. The minimum Gasteiger partial charge on any atom is -0.469 e. The number of aryl methyl sites for hydroxylation is 1. The van der Waals surface area contributed by atoms with Gasteiger partial charge in [0.25, 0.3) is 5.91 Å². The van der Waals surface area contributed by atoms with Crippen LogP contribution in [0, 0.1) is 6.92 Å². The molecule has 0 aliphatic carbocycles. The van der Waals surface area contributed by atoms with Crippen molar-refractivity contribution in [2.45, 2.75) is 20.4 Å². The summed E-state index contributed by atoms with van der Waals surface area (Å²) in [4.78, 5) is 28.0. The molecule has 6 nitrogen and oxygen atoms in total. The molecule has 1 fully saturated rings. The van der Waals surface area contributed by atoms with Crippen molar-refractivity contribution in [3.05, 3.63) is 53.5 Å². The molecule has 25 heavy (non-hydrogen) atoms. The molecule has 2 aromatic rings. The molecule has 0 spiro atoms. The zero-order valence-electron chi connectivity index (χ0n) is 14.6. The van der Waals surface area contributed by atoms with Gasteiger partial charge in [0, 0.05) is 45.3 Å². The molecule has 2 amide bonds. The first-order valence-corrected chi connectivity index (χ1v) is 8.46. The van der Waals surface area contributed by atoms with E-state index in [1.54, 1.807) is 19.9 Å². The molecule has 1 aliphatic heterocycles. The van der Waals surface area contributed by atoms with E-state index >= 15 is 0 Å². The van der Waals surface area contributed by atoms with Gasteiger partial charge < -0.3 is 14.6 Å². The Morgan fingerprint density at radius 3 is 2.48 bits per heavy atom. The van der Waals surface area contributed by atoms with Crippen LogP contribution in [0.15, 0.2) is 41.0 Å². The number of benzene rings is 1. The lowest BCUT2D eigenvalue weighted by molar-refractivity contribution is -0.130. The number of carbonyl (C=O) groups is 2. The van der Waals surface area contributed by atoms with E-state index in [-0.39, 0.29) is 11.8 Å². The van der Waals surface area contributed by atoms with Crippen LogP contribution in [0.5, 0.6) is 0 Å². The first-order chi connectivity index (χ1) is 12.0. The number of rotatable bonds is 4. The predicted octanol–water partition coefficient (Wildman–Crippen LogP) is 2.50. The number of anilines is 1. The second-order valence-corrected chi connectivity index (χ2v) is 6.28. The Labute approximate surface area is 147 Å². The third kappa shape index (κ3) is 4.09. The third-order valence-electron chi connectivity index (χ3n) is 4.58. The van der Waals surface area contributed by atoms with Gasteiger partial charge in [-0.2, -0.15) is 0 Å². The molecule has 1 aromatic carbocycles. The predicted molar refractivity (Wildman–Crippen MR) is 95.4 cm³/mol. The lowest BCUT2D eigenvalue weighted by Gasteiger charge is -2.34. The molecule has 1 aliphatic rings. The Bertz CT molecular complexity index is 761. The molecule has 0 radical (unpaired) electrons. The van der Waals surface area contributed by atoms with E-state index in [1.165, 1.54) is 6.26 Å². The summed E-state index contributed by atoms with van der Waals surface area (Å²) in [5, 5.41) is 2.98. The summed E-state index contributed by atoms with van der Waals surface area (Å²) in [6.45, 7) is 7.29. The zero-order chi connectivity index (χ0) is 17.8. The highest BCUT2D eigenvalue weighted by atomic mass is 16.3. The summed E-state index contributed by atoms with van der Waals surface area (Å²) in [6.07, 6.45) is 1.52. The fraction of sp³-hybridized carbons (Fsp3) is 0.368. The molecule has 6 heteroatoms. The van der Waals surface area contributed by atoms with Gasteiger partial charge in [-0.25, -0.2) is 0 Å². The average molecular weight is 341 g/mol. The van der Waals surface area contributed by atoms with Crippen LogP contribution in [0.2, 0.25) is 0 Å². The maximum absolute atomic E-state index is 12.4. The topological polar surface area (TPSA) is 65.8 Å². The largest absolute Gasteiger partial charge is 0.469 e. The van der Waals surface area contributed by atoms with E-state index in [0.29, 0.717) is 11.3 Å². The molecular formula is C19H23N3O3. The Morgan fingerprint density at radius 2 is 1.84 bits per heavy atom. The normalized spacial score (nSPS) is 15.2. The van der Waals surface area contributed by atoms with Crippen molar-refractivity contribution in [1.82, 2.24) is 9.80 Å². The average Bonchev–Trinajstić information content (AvgIpc) is 3.03. The van der Waals surface area contributed by atoms with E-state index in [0.717, 1.165) is 44.0 Å². The molecule has 0 unspecified atom stereocenters. The maximum atomic E-state index is 12.4. The van der Waals surface area contributed by atoms with Crippen LogP contribution in [-0.2, 0) is 11.3 Å². The van der Waals surface area contributed by atoms with Crippen LogP contribution in [0.3, 0.4) is 0 Å². The highest BCUT2D eigenvalue weighted by Crippen LogP contribution is 2.20. The number of nitrogens with one attached hydrogen (secondary N) is 1. The Morgan fingerprint density at radius 1 is 1.12 bits per heavy atom. The SMILES string of the molecule is CC(=O)N1CCN(Cc2ccccc2NC(=O)c2ccoc2C)CC1. The summed E-state index contributed by atoms with van der Waals surface area (Å²) in [7, 11) is 0. The Kier molecular flexibility index (Phi) is 5.19. The summed E-state index contributed by atoms with van der Waals surface area (Å²) in [5.74, 6) is 0.568. The number of para-hydroxylation sites is 1. The fourth-order valence-corrected chi connectivity index (χ4v) is 3.05. The second-order valence-electron chi connectivity index (χ2n) is 6.28. The monoisotopic (exact) mass is 341 g/mol. The quantitative estimate of drug-likeness (QED) is 0.928. The van der Waals surface area contributed by atoms with Crippen LogP contribution in [0.4, 0.5) is 5.69 Å². The van der Waals surface area contributed by atoms with Gasteiger partial charge in [0.15, 0.2) is 0 Å². The van der Waals surface area contributed by atoms with Crippen LogP contribution in [0.25, 0.3) is 0 Å². The third-order valence-corrected chi connectivity index (χ3v) is 4.58. The maximum Gasteiger partial charge on any atom is 0.259 e. The lowest BCUT2D eigenvalue weighted by Crippen LogP contribution is -2.47. The van der Waals surface area contributed by atoms with Gasteiger partial charge in [0.05, 0.1) is 11.8 Å². The molecule has 132 valence electrons. The molecule has 1 saturated heterocycles.